The molecule has 0 saturated heterocycles. The smallest absolute Gasteiger partial charge is 0.311 e. The van der Waals surface area contributed by atoms with Crippen molar-refractivity contribution < 1.29 is 14.4 Å². The number of nitrogens with zero attached hydrogens (tertiary/aromatic N) is 3. The van der Waals surface area contributed by atoms with Gasteiger partial charge in [0.05, 0.1) is 10.6 Å². The van der Waals surface area contributed by atoms with Gasteiger partial charge in [0.1, 0.15) is 5.52 Å². The van der Waals surface area contributed by atoms with Gasteiger partial charge in [-0.25, -0.2) is 4.98 Å². The summed E-state index contributed by atoms with van der Waals surface area (Å²) in [5, 5.41) is 21.8. The first-order chi connectivity index (χ1) is 13.9. The van der Waals surface area contributed by atoms with E-state index >= 15 is 0 Å². The number of oxazole rings is 1. The van der Waals surface area contributed by atoms with Crippen LogP contribution in [0.25, 0.3) is 22.6 Å². The zero-order chi connectivity index (χ0) is 20.5. The maximum Gasteiger partial charge on any atom is 0.311 e. The third-order valence-electron chi connectivity index (χ3n) is 4.26. The van der Waals surface area contributed by atoms with Gasteiger partial charge in [0.25, 0.3) is 0 Å². The van der Waals surface area contributed by atoms with Gasteiger partial charge in [-0.15, -0.1) is 0 Å². The molecule has 0 saturated carbocycles. The van der Waals surface area contributed by atoms with Crippen LogP contribution < -0.4 is 0 Å². The highest BCUT2D eigenvalue weighted by Gasteiger charge is 2.17. The van der Waals surface area contributed by atoms with Crippen molar-refractivity contribution in [3.8, 4) is 17.2 Å². The average Bonchev–Trinajstić information content (AvgIpc) is 3.11. The van der Waals surface area contributed by atoms with Crippen LogP contribution in [0.4, 0.5) is 11.4 Å². The third-order valence-corrected chi connectivity index (χ3v) is 4.49. The fourth-order valence-corrected chi connectivity index (χ4v) is 3.08. The minimum atomic E-state index is -0.625. The predicted molar refractivity (Wildman–Crippen MR) is 111 cm³/mol. The molecule has 0 bridgehead atoms. The number of aryl methyl sites for hydroxylation is 1. The van der Waals surface area contributed by atoms with Crippen molar-refractivity contribution in [2.24, 2.45) is 4.99 Å². The van der Waals surface area contributed by atoms with Crippen molar-refractivity contribution in [2.75, 3.05) is 0 Å². The Hall–Kier alpha value is -3.71. The van der Waals surface area contributed by atoms with E-state index in [1.165, 1.54) is 12.3 Å². The molecule has 144 valence electrons. The summed E-state index contributed by atoms with van der Waals surface area (Å²) in [4.78, 5) is 19.2. The lowest BCUT2D eigenvalue weighted by molar-refractivity contribution is -0.385. The number of benzene rings is 3. The highest BCUT2D eigenvalue weighted by molar-refractivity contribution is 6.31. The van der Waals surface area contributed by atoms with E-state index in [9.17, 15) is 15.2 Å². The van der Waals surface area contributed by atoms with Crippen LogP contribution in [0, 0.1) is 17.0 Å². The number of aromatic nitrogens is 1. The summed E-state index contributed by atoms with van der Waals surface area (Å²) in [6.45, 7) is 1.71. The van der Waals surface area contributed by atoms with Gasteiger partial charge in [0.2, 0.25) is 11.6 Å². The lowest BCUT2D eigenvalue weighted by Gasteiger charge is -2.03. The number of hydrogen-bond donors (Lipinski definition) is 1. The Morgan fingerprint density at radius 1 is 1.21 bits per heavy atom. The number of aromatic hydroxyl groups is 1. The molecule has 4 rings (SSSR count). The van der Waals surface area contributed by atoms with Crippen molar-refractivity contribution in [2.45, 2.75) is 6.92 Å². The van der Waals surface area contributed by atoms with Crippen molar-refractivity contribution in [1.29, 1.82) is 0 Å². The second kappa shape index (κ2) is 7.37. The molecule has 0 aliphatic heterocycles. The van der Waals surface area contributed by atoms with Crippen LogP contribution in [0.3, 0.4) is 0 Å². The summed E-state index contributed by atoms with van der Waals surface area (Å²) < 4.78 is 5.77. The van der Waals surface area contributed by atoms with Gasteiger partial charge in [-0.05, 0) is 55.0 Å². The molecule has 4 aromatic rings. The number of hydrogen-bond acceptors (Lipinski definition) is 6. The molecule has 7 nitrogen and oxygen atoms in total. The molecule has 0 amide bonds. The Labute approximate surface area is 170 Å². The molecule has 0 radical (unpaired) electrons. The largest absolute Gasteiger partial charge is 0.502 e. The number of halogens is 1. The first-order valence-corrected chi connectivity index (χ1v) is 8.97. The van der Waals surface area contributed by atoms with Crippen LogP contribution in [0.15, 0.2) is 64.0 Å². The average molecular weight is 408 g/mol. The Kier molecular flexibility index (Phi) is 4.74. The number of nitro groups is 1. The minimum Gasteiger partial charge on any atom is -0.502 e. The second-order valence-electron chi connectivity index (χ2n) is 6.42. The SMILES string of the molecule is Cc1cc(C=Nc2cccc(-c3nc4cc(Cl)ccc4o3)c2)c(O)c([N+](=O)[O-])c1. The van der Waals surface area contributed by atoms with Crippen LogP contribution >= 0.6 is 11.6 Å². The lowest BCUT2D eigenvalue weighted by Crippen LogP contribution is -1.93. The molecule has 1 heterocycles. The van der Waals surface area contributed by atoms with Crippen molar-refractivity contribution >= 4 is 40.3 Å². The lowest BCUT2D eigenvalue weighted by atomic mass is 10.1. The normalized spacial score (nSPS) is 11.4. The summed E-state index contributed by atoms with van der Waals surface area (Å²) in [6, 6.07) is 15.3. The highest BCUT2D eigenvalue weighted by atomic mass is 35.5. The van der Waals surface area contributed by atoms with Crippen molar-refractivity contribution in [3.63, 3.8) is 0 Å². The Morgan fingerprint density at radius 2 is 2.03 bits per heavy atom. The van der Waals surface area contributed by atoms with Crippen molar-refractivity contribution in [1.82, 2.24) is 4.98 Å². The molecule has 1 N–H and O–H groups in total. The molecule has 0 fully saturated rings. The summed E-state index contributed by atoms with van der Waals surface area (Å²) in [7, 11) is 0. The maximum absolute atomic E-state index is 11.1. The predicted octanol–water partition coefficient (Wildman–Crippen LogP) is 5.82. The first kappa shape index (κ1) is 18.6. The van der Waals surface area contributed by atoms with Crippen molar-refractivity contribution in [3.05, 3.63) is 80.9 Å². The van der Waals surface area contributed by atoms with Gasteiger partial charge in [-0.2, -0.15) is 0 Å². The molecule has 0 aliphatic carbocycles. The molecule has 1 aromatic heterocycles. The molecular formula is C21H14ClN3O4. The monoisotopic (exact) mass is 407 g/mol. The molecule has 0 spiro atoms. The zero-order valence-electron chi connectivity index (χ0n) is 15.2. The first-order valence-electron chi connectivity index (χ1n) is 8.59. The van der Waals surface area contributed by atoms with Crippen LogP contribution in [-0.2, 0) is 0 Å². The van der Waals surface area contributed by atoms with Crippen LogP contribution in [0.5, 0.6) is 5.75 Å². The number of fused-ring (bicyclic) bond motifs is 1. The molecule has 0 unspecified atom stereocenters. The van der Waals surface area contributed by atoms with Gasteiger partial charge >= 0.3 is 5.69 Å². The van der Waals surface area contributed by atoms with Gasteiger partial charge in [-0.3, -0.25) is 15.1 Å². The fraction of sp³-hybridized carbons (Fsp3) is 0.0476. The zero-order valence-corrected chi connectivity index (χ0v) is 15.9. The van der Waals surface area contributed by atoms with E-state index in [4.69, 9.17) is 16.0 Å². The van der Waals surface area contributed by atoms with E-state index in [1.807, 2.05) is 6.07 Å². The molecule has 0 atom stereocenters. The summed E-state index contributed by atoms with van der Waals surface area (Å²) in [5.74, 6) is 0.00434. The minimum absolute atomic E-state index is 0.263. The molecule has 29 heavy (non-hydrogen) atoms. The molecule has 3 aromatic carbocycles. The highest BCUT2D eigenvalue weighted by Crippen LogP contribution is 2.31. The van der Waals surface area contributed by atoms with Gasteiger partial charge in [0.15, 0.2) is 5.58 Å². The maximum atomic E-state index is 11.1. The fourth-order valence-electron chi connectivity index (χ4n) is 2.91. The van der Waals surface area contributed by atoms with Crippen LogP contribution in [0.1, 0.15) is 11.1 Å². The standard InChI is InChI=1S/C21H14ClN3O4/c1-12-7-14(20(26)18(8-12)25(27)28)11-23-16-4-2-3-13(9-16)21-24-17-10-15(22)5-6-19(17)29-21/h2-11,26H,1H3. The van der Waals surface area contributed by atoms with Crippen LogP contribution in [0.2, 0.25) is 5.02 Å². The van der Waals surface area contributed by atoms with Gasteiger partial charge in [-0.1, -0.05) is 17.7 Å². The number of aliphatic imine (C=N–C) groups is 1. The quantitative estimate of drug-likeness (QED) is 0.261. The third kappa shape index (κ3) is 3.81. The number of phenolic OH excluding ortho intramolecular Hbond substituents is 1. The Morgan fingerprint density at radius 3 is 2.83 bits per heavy atom. The van der Waals surface area contributed by atoms with E-state index in [-0.39, 0.29) is 11.3 Å². The summed E-state index contributed by atoms with van der Waals surface area (Å²) >= 11 is 5.99. The van der Waals surface area contributed by atoms with E-state index < -0.39 is 10.7 Å². The molecule has 0 aliphatic rings. The van der Waals surface area contributed by atoms with E-state index in [0.29, 0.717) is 38.8 Å². The van der Waals surface area contributed by atoms with E-state index in [0.717, 1.165) is 0 Å². The van der Waals surface area contributed by atoms with E-state index in [1.54, 1.807) is 49.4 Å². The van der Waals surface area contributed by atoms with Gasteiger partial charge in [0, 0.05) is 28.4 Å². The van der Waals surface area contributed by atoms with Crippen LogP contribution in [-0.4, -0.2) is 21.2 Å². The summed E-state index contributed by atoms with van der Waals surface area (Å²) in [6.07, 6.45) is 1.39. The topological polar surface area (TPSA) is 102 Å². The number of phenols is 1. The summed E-state index contributed by atoms with van der Waals surface area (Å²) in [5.41, 5.74) is 3.12. The number of nitro benzene ring substituents is 1. The Bertz CT molecular complexity index is 1280. The second-order valence-corrected chi connectivity index (χ2v) is 6.86. The molecular weight excluding hydrogens is 394 g/mol. The Balaban J connectivity index is 1.68. The van der Waals surface area contributed by atoms with E-state index in [2.05, 4.69) is 9.98 Å². The van der Waals surface area contributed by atoms with Gasteiger partial charge < -0.3 is 9.52 Å². The molecule has 8 heteroatoms. The number of rotatable bonds is 4.